The number of ether oxygens (including phenoxy) is 3. The minimum Gasteiger partial charge on any atom is -0.497 e. The quantitative estimate of drug-likeness (QED) is 0.617. The maximum Gasteiger partial charge on any atom is 0.387 e. The van der Waals surface area contributed by atoms with Crippen molar-refractivity contribution in [1.29, 1.82) is 0 Å². The van der Waals surface area contributed by atoms with E-state index in [0.717, 1.165) is 31.4 Å². The summed E-state index contributed by atoms with van der Waals surface area (Å²) in [6, 6.07) is 12.5. The lowest BCUT2D eigenvalue weighted by molar-refractivity contribution is -0.0512. The fourth-order valence-electron chi connectivity index (χ4n) is 3.77. The highest BCUT2D eigenvalue weighted by Crippen LogP contribution is 2.31. The zero-order chi connectivity index (χ0) is 21.5. The number of rotatable bonds is 8. The van der Waals surface area contributed by atoms with Crippen molar-refractivity contribution < 1.29 is 27.8 Å². The highest BCUT2D eigenvalue weighted by atomic mass is 19.3. The monoisotopic (exact) mass is 419 g/mol. The number of methoxy groups -OCH3 is 2. The molecule has 7 heteroatoms. The van der Waals surface area contributed by atoms with Crippen molar-refractivity contribution in [2.45, 2.75) is 32.3 Å². The largest absolute Gasteiger partial charge is 0.497 e. The smallest absolute Gasteiger partial charge is 0.387 e. The predicted octanol–water partition coefficient (Wildman–Crippen LogP) is 4.79. The molecule has 2 aromatic carbocycles. The Morgan fingerprint density at radius 1 is 1.03 bits per heavy atom. The molecule has 0 atom stereocenters. The summed E-state index contributed by atoms with van der Waals surface area (Å²) in [5.74, 6) is 1.28. The Morgan fingerprint density at radius 3 is 2.33 bits per heavy atom. The summed E-state index contributed by atoms with van der Waals surface area (Å²) in [5, 5.41) is 0. The van der Waals surface area contributed by atoms with E-state index in [2.05, 4.69) is 16.9 Å². The molecule has 0 aliphatic carbocycles. The molecule has 1 heterocycles. The lowest BCUT2D eigenvalue weighted by Gasteiger charge is -2.32. The van der Waals surface area contributed by atoms with Gasteiger partial charge in [-0.1, -0.05) is 12.1 Å². The molecule has 0 aromatic heterocycles. The van der Waals surface area contributed by atoms with Crippen molar-refractivity contribution in [3.05, 3.63) is 53.6 Å². The number of aryl methyl sites for hydroxylation is 1. The van der Waals surface area contributed by atoms with Crippen LogP contribution in [0.5, 0.6) is 17.2 Å². The van der Waals surface area contributed by atoms with Gasteiger partial charge in [0.05, 0.1) is 14.2 Å². The van der Waals surface area contributed by atoms with Crippen LogP contribution in [0.3, 0.4) is 0 Å². The van der Waals surface area contributed by atoms with Crippen molar-refractivity contribution in [2.24, 2.45) is 5.92 Å². The molecule has 0 saturated carbocycles. The van der Waals surface area contributed by atoms with Crippen LogP contribution in [0.4, 0.5) is 8.78 Å². The van der Waals surface area contributed by atoms with Gasteiger partial charge in [-0.05, 0) is 67.5 Å². The maximum atomic E-state index is 12.8. The highest BCUT2D eigenvalue weighted by Gasteiger charge is 2.24. The molecule has 30 heavy (non-hydrogen) atoms. The zero-order valence-electron chi connectivity index (χ0n) is 17.3. The molecule has 1 fully saturated rings. The Morgan fingerprint density at radius 2 is 1.73 bits per heavy atom. The number of benzene rings is 2. The van der Waals surface area contributed by atoms with Crippen LogP contribution in [0, 0.1) is 5.92 Å². The van der Waals surface area contributed by atoms with E-state index in [1.165, 1.54) is 24.8 Å². The maximum absolute atomic E-state index is 12.8. The Labute approximate surface area is 175 Å². The Kier molecular flexibility index (Phi) is 7.49. The van der Waals surface area contributed by atoms with Crippen LogP contribution in [0.1, 0.15) is 35.2 Å². The van der Waals surface area contributed by atoms with Gasteiger partial charge in [0.1, 0.15) is 5.75 Å². The van der Waals surface area contributed by atoms with Crippen LogP contribution in [-0.2, 0) is 6.42 Å². The van der Waals surface area contributed by atoms with E-state index < -0.39 is 6.61 Å². The van der Waals surface area contributed by atoms with Crippen LogP contribution in [0.2, 0.25) is 0 Å². The van der Waals surface area contributed by atoms with Gasteiger partial charge in [0.2, 0.25) is 0 Å². The molecule has 2 aromatic rings. The Bertz CT molecular complexity index is 834. The molecular weight excluding hydrogens is 392 g/mol. The summed E-state index contributed by atoms with van der Waals surface area (Å²) in [7, 11) is 3.02. The van der Waals surface area contributed by atoms with Crippen molar-refractivity contribution in [3.63, 3.8) is 0 Å². The summed E-state index contributed by atoms with van der Waals surface area (Å²) in [4.78, 5) is 14.6. The lowest BCUT2D eigenvalue weighted by Crippen LogP contribution is -2.38. The van der Waals surface area contributed by atoms with Gasteiger partial charge in [-0.2, -0.15) is 8.78 Å². The first kappa shape index (κ1) is 21.9. The molecule has 3 rings (SSSR count). The van der Waals surface area contributed by atoms with Gasteiger partial charge < -0.3 is 19.1 Å². The molecule has 1 saturated heterocycles. The number of hydrogen-bond acceptors (Lipinski definition) is 4. The third-order valence-corrected chi connectivity index (χ3v) is 5.53. The first-order chi connectivity index (χ1) is 14.5. The fourth-order valence-corrected chi connectivity index (χ4v) is 3.77. The van der Waals surface area contributed by atoms with Crippen LogP contribution in [0.25, 0.3) is 0 Å². The lowest BCUT2D eigenvalue weighted by atomic mass is 9.90. The minimum atomic E-state index is -2.98. The average molecular weight is 419 g/mol. The van der Waals surface area contributed by atoms with Gasteiger partial charge >= 0.3 is 6.61 Å². The fraction of sp³-hybridized carbons (Fsp3) is 0.435. The molecule has 1 aliphatic rings. The summed E-state index contributed by atoms with van der Waals surface area (Å²) in [6.45, 7) is -1.67. The third-order valence-electron chi connectivity index (χ3n) is 5.53. The predicted molar refractivity (Wildman–Crippen MR) is 110 cm³/mol. The SMILES string of the molecule is COc1ccc(CCC2CCN(C(=O)c3ccc(OC)c(OC(F)F)c3)CC2)cc1. The molecular formula is C23H27F2NO4. The summed E-state index contributed by atoms with van der Waals surface area (Å²) in [6.07, 6.45) is 3.93. The molecule has 0 spiro atoms. The summed E-state index contributed by atoms with van der Waals surface area (Å²) >= 11 is 0. The van der Waals surface area contributed by atoms with Crippen LogP contribution < -0.4 is 14.2 Å². The number of piperidine rings is 1. The van der Waals surface area contributed by atoms with Gasteiger partial charge in [-0.3, -0.25) is 4.79 Å². The normalized spacial score (nSPS) is 14.6. The van der Waals surface area contributed by atoms with Gasteiger partial charge in [0.15, 0.2) is 11.5 Å². The van der Waals surface area contributed by atoms with Gasteiger partial charge in [-0.25, -0.2) is 0 Å². The van der Waals surface area contributed by atoms with E-state index in [4.69, 9.17) is 9.47 Å². The Hall–Kier alpha value is -2.83. The number of halogens is 2. The first-order valence-corrected chi connectivity index (χ1v) is 10.0. The second kappa shape index (κ2) is 10.3. The van der Waals surface area contributed by atoms with Crippen molar-refractivity contribution in [2.75, 3.05) is 27.3 Å². The molecule has 0 bridgehead atoms. The van der Waals surface area contributed by atoms with Gasteiger partial charge in [0.25, 0.3) is 5.91 Å². The van der Waals surface area contributed by atoms with Crippen molar-refractivity contribution >= 4 is 5.91 Å². The molecule has 1 aliphatic heterocycles. The van der Waals surface area contributed by atoms with E-state index >= 15 is 0 Å². The first-order valence-electron chi connectivity index (χ1n) is 10.0. The molecule has 0 N–H and O–H groups in total. The summed E-state index contributed by atoms with van der Waals surface area (Å²) < 4.78 is 39.9. The van der Waals surface area contributed by atoms with E-state index in [1.54, 1.807) is 18.1 Å². The van der Waals surface area contributed by atoms with Crippen LogP contribution in [0.15, 0.2) is 42.5 Å². The standard InChI is InChI=1S/C23H27F2NO4/c1-28-19-8-5-16(6-9-19)3-4-17-11-13-26(14-12-17)22(27)18-7-10-20(29-2)21(15-18)30-23(24)25/h5-10,15,17,23H,3-4,11-14H2,1-2H3. The second-order valence-electron chi connectivity index (χ2n) is 7.37. The second-order valence-corrected chi connectivity index (χ2v) is 7.37. The topological polar surface area (TPSA) is 48.0 Å². The molecule has 0 unspecified atom stereocenters. The molecule has 162 valence electrons. The van der Waals surface area contributed by atoms with Crippen LogP contribution >= 0.6 is 0 Å². The van der Waals surface area contributed by atoms with Gasteiger partial charge in [0, 0.05) is 18.7 Å². The van der Waals surface area contributed by atoms with Gasteiger partial charge in [-0.15, -0.1) is 0 Å². The number of hydrogen-bond donors (Lipinski definition) is 0. The summed E-state index contributed by atoms with van der Waals surface area (Å²) in [5.41, 5.74) is 1.60. The number of alkyl halides is 2. The van der Waals surface area contributed by atoms with E-state index in [1.807, 2.05) is 12.1 Å². The molecule has 5 nitrogen and oxygen atoms in total. The average Bonchev–Trinajstić information content (AvgIpc) is 2.77. The van der Waals surface area contributed by atoms with E-state index in [0.29, 0.717) is 24.6 Å². The molecule has 0 radical (unpaired) electrons. The van der Waals surface area contributed by atoms with Crippen LogP contribution in [-0.4, -0.2) is 44.7 Å². The van der Waals surface area contributed by atoms with E-state index in [-0.39, 0.29) is 17.4 Å². The van der Waals surface area contributed by atoms with Crippen molar-refractivity contribution in [1.82, 2.24) is 4.90 Å². The number of amides is 1. The number of nitrogens with zero attached hydrogens (tertiary/aromatic N) is 1. The molecule has 1 amide bonds. The van der Waals surface area contributed by atoms with Crippen molar-refractivity contribution in [3.8, 4) is 17.2 Å². The number of likely N-dealkylation sites (tertiary alicyclic amines) is 1. The van der Waals surface area contributed by atoms with E-state index in [9.17, 15) is 13.6 Å². The highest BCUT2D eigenvalue weighted by molar-refractivity contribution is 5.95. The third kappa shape index (κ3) is 5.62. The zero-order valence-corrected chi connectivity index (χ0v) is 17.3. The number of carbonyl (C=O) groups excluding carboxylic acids is 1. The Balaban J connectivity index is 1.53. The minimum absolute atomic E-state index is 0.132. The number of carbonyl (C=O) groups is 1.